The summed E-state index contributed by atoms with van der Waals surface area (Å²) in [5.41, 5.74) is 7.15. The number of fused-ring (bicyclic) bond motifs is 1. The van der Waals surface area contributed by atoms with Crippen molar-refractivity contribution in [1.82, 2.24) is 0 Å². The maximum atomic E-state index is 5.96. The van der Waals surface area contributed by atoms with Crippen molar-refractivity contribution in [1.29, 1.82) is 0 Å². The van der Waals surface area contributed by atoms with Gasteiger partial charge in [0.25, 0.3) is 0 Å². The maximum absolute atomic E-state index is 5.96. The highest BCUT2D eigenvalue weighted by Gasteiger charge is 2.18. The van der Waals surface area contributed by atoms with Gasteiger partial charge in [-0.1, -0.05) is 6.07 Å². The van der Waals surface area contributed by atoms with Crippen LogP contribution in [0.5, 0.6) is 11.5 Å². The first kappa shape index (κ1) is 12.5. The number of aryl methyl sites for hydroxylation is 1. The fourth-order valence-corrected chi connectivity index (χ4v) is 3.35. The average molecular weight is 275 g/mol. The zero-order chi connectivity index (χ0) is 13.2. The molecule has 2 N–H and O–H groups in total. The summed E-state index contributed by atoms with van der Waals surface area (Å²) < 4.78 is 11.2. The Morgan fingerprint density at radius 2 is 1.95 bits per heavy atom. The van der Waals surface area contributed by atoms with Crippen molar-refractivity contribution in [2.45, 2.75) is 12.8 Å². The summed E-state index contributed by atoms with van der Waals surface area (Å²) >= 11 is 1.80. The first-order valence-corrected chi connectivity index (χ1v) is 7.25. The molecule has 1 aliphatic rings. The van der Waals surface area contributed by atoms with Crippen LogP contribution in [0.3, 0.4) is 0 Å². The number of rotatable bonds is 3. The molecule has 19 heavy (non-hydrogen) atoms. The van der Waals surface area contributed by atoms with Crippen molar-refractivity contribution >= 4 is 11.3 Å². The Bertz CT molecular complexity index is 579. The third-order valence-electron chi connectivity index (χ3n) is 3.31. The Hall–Kier alpha value is -1.52. The van der Waals surface area contributed by atoms with Crippen molar-refractivity contribution in [3.8, 4) is 11.5 Å². The molecule has 1 aliphatic heterocycles. The highest BCUT2D eigenvalue weighted by atomic mass is 32.1. The van der Waals surface area contributed by atoms with E-state index in [1.165, 1.54) is 15.3 Å². The molecule has 0 bridgehead atoms. The predicted molar refractivity (Wildman–Crippen MR) is 77.4 cm³/mol. The molecule has 0 saturated heterocycles. The van der Waals surface area contributed by atoms with Crippen molar-refractivity contribution in [3.05, 3.63) is 45.6 Å². The summed E-state index contributed by atoms with van der Waals surface area (Å²) in [4.78, 5) is 2.61. The molecule has 3 rings (SSSR count). The number of benzene rings is 1. The van der Waals surface area contributed by atoms with E-state index in [-0.39, 0.29) is 5.92 Å². The van der Waals surface area contributed by atoms with Gasteiger partial charge in [0.1, 0.15) is 13.2 Å². The van der Waals surface area contributed by atoms with E-state index in [1.807, 2.05) is 6.07 Å². The molecule has 0 amide bonds. The van der Waals surface area contributed by atoms with Crippen LogP contribution in [0.4, 0.5) is 0 Å². The SMILES string of the molecule is Cc1ccc(C(CN)c2ccc3c(c2)OCCO3)s1. The van der Waals surface area contributed by atoms with Crippen molar-refractivity contribution in [2.75, 3.05) is 19.8 Å². The lowest BCUT2D eigenvalue weighted by atomic mass is 9.97. The molecule has 2 aromatic rings. The molecule has 0 spiro atoms. The van der Waals surface area contributed by atoms with E-state index < -0.39 is 0 Å². The van der Waals surface area contributed by atoms with Crippen LogP contribution in [-0.2, 0) is 0 Å². The maximum Gasteiger partial charge on any atom is 0.161 e. The van der Waals surface area contributed by atoms with Gasteiger partial charge in [-0.15, -0.1) is 11.3 Å². The zero-order valence-electron chi connectivity index (χ0n) is 10.9. The topological polar surface area (TPSA) is 44.5 Å². The second-order valence-electron chi connectivity index (χ2n) is 4.64. The predicted octanol–water partition coefficient (Wildman–Crippen LogP) is 2.92. The van der Waals surface area contributed by atoms with Gasteiger partial charge in [-0.2, -0.15) is 0 Å². The largest absolute Gasteiger partial charge is 0.486 e. The lowest BCUT2D eigenvalue weighted by Crippen LogP contribution is -2.17. The van der Waals surface area contributed by atoms with Crippen LogP contribution in [0.25, 0.3) is 0 Å². The smallest absolute Gasteiger partial charge is 0.161 e. The van der Waals surface area contributed by atoms with Crippen molar-refractivity contribution in [3.63, 3.8) is 0 Å². The first-order valence-electron chi connectivity index (χ1n) is 6.44. The third kappa shape index (κ3) is 2.46. The summed E-state index contributed by atoms with van der Waals surface area (Å²) in [6.45, 7) is 3.95. The van der Waals surface area contributed by atoms with E-state index in [4.69, 9.17) is 15.2 Å². The molecule has 1 unspecified atom stereocenters. The van der Waals surface area contributed by atoms with E-state index in [2.05, 4.69) is 31.2 Å². The molecule has 1 aromatic heterocycles. The van der Waals surface area contributed by atoms with Gasteiger partial charge in [0.2, 0.25) is 0 Å². The standard InChI is InChI=1S/C15H17NO2S/c1-10-2-5-15(19-10)12(9-16)11-3-4-13-14(8-11)18-7-6-17-13/h2-5,8,12H,6-7,9,16H2,1H3. The van der Waals surface area contributed by atoms with E-state index in [1.54, 1.807) is 11.3 Å². The van der Waals surface area contributed by atoms with Gasteiger partial charge in [-0.3, -0.25) is 0 Å². The van der Waals surface area contributed by atoms with E-state index in [9.17, 15) is 0 Å². The van der Waals surface area contributed by atoms with Crippen molar-refractivity contribution < 1.29 is 9.47 Å². The van der Waals surface area contributed by atoms with Gasteiger partial charge in [0.15, 0.2) is 11.5 Å². The molecule has 3 nitrogen and oxygen atoms in total. The Morgan fingerprint density at radius 1 is 1.16 bits per heavy atom. The van der Waals surface area contributed by atoms with Gasteiger partial charge in [-0.25, -0.2) is 0 Å². The van der Waals surface area contributed by atoms with Gasteiger partial charge < -0.3 is 15.2 Å². The minimum Gasteiger partial charge on any atom is -0.486 e. The highest BCUT2D eigenvalue weighted by Crippen LogP contribution is 2.36. The molecule has 0 aliphatic carbocycles. The number of nitrogens with two attached hydrogens (primary N) is 1. The lowest BCUT2D eigenvalue weighted by molar-refractivity contribution is 0.171. The lowest BCUT2D eigenvalue weighted by Gasteiger charge is -2.21. The number of thiophene rings is 1. The number of hydrogen-bond acceptors (Lipinski definition) is 4. The Labute approximate surface area is 117 Å². The van der Waals surface area contributed by atoms with E-state index in [0.717, 1.165) is 11.5 Å². The molecule has 4 heteroatoms. The molecule has 0 saturated carbocycles. The fraction of sp³-hybridized carbons (Fsp3) is 0.333. The fourth-order valence-electron chi connectivity index (χ4n) is 2.33. The van der Waals surface area contributed by atoms with Gasteiger partial charge in [0.05, 0.1) is 0 Å². The summed E-state index contributed by atoms with van der Waals surface area (Å²) in [7, 11) is 0. The quantitative estimate of drug-likeness (QED) is 0.936. The van der Waals surface area contributed by atoms with Crippen LogP contribution in [0.15, 0.2) is 30.3 Å². The number of hydrogen-bond donors (Lipinski definition) is 1. The van der Waals surface area contributed by atoms with Crippen molar-refractivity contribution in [2.24, 2.45) is 5.73 Å². The Balaban J connectivity index is 1.95. The molecule has 100 valence electrons. The summed E-state index contributed by atoms with van der Waals surface area (Å²) in [6, 6.07) is 10.4. The summed E-state index contributed by atoms with van der Waals surface area (Å²) in [6.07, 6.45) is 0. The molecular weight excluding hydrogens is 258 g/mol. The molecule has 0 fully saturated rings. The normalized spacial score (nSPS) is 15.3. The van der Waals surface area contributed by atoms with Gasteiger partial charge in [0, 0.05) is 22.2 Å². The number of ether oxygens (including phenoxy) is 2. The molecule has 1 aromatic carbocycles. The molecule has 1 atom stereocenters. The van der Waals surface area contributed by atoms with Gasteiger partial charge in [-0.05, 0) is 36.8 Å². The average Bonchev–Trinajstić information content (AvgIpc) is 2.86. The summed E-state index contributed by atoms with van der Waals surface area (Å²) in [5.74, 6) is 1.89. The molecular formula is C15H17NO2S. The first-order chi connectivity index (χ1) is 9.28. The molecule has 0 radical (unpaired) electrons. The Morgan fingerprint density at radius 3 is 2.63 bits per heavy atom. The summed E-state index contributed by atoms with van der Waals surface area (Å²) in [5, 5.41) is 0. The minimum atomic E-state index is 0.231. The van der Waals surface area contributed by atoms with E-state index in [0.29, 0.717) is 19.8 Å². The van der Waals surface area contributed by atoms with E-state index >= 15 is 0 Å². The monoisotopic (exact) mass is 275 g/mol. The van der Waals surface area contributed by atoms with Crippen LogP contribution >= 0.6 is 11.3 Å². The van der Waals surface area contributed by atoms with Gasteiger partial charge >= 0.3 is 0 Å². The van der Waals surface area contributed by atoms with Crippen LogP contribution in [-0.4, -0.2) is 19.8 Å². The molecule has 2 heterocycles. The zero-order valence-corrected chi connectivity index (χ0v) is 11.7. The Kier molecular flexibility index (Phi) is 3.44. The van der Waals surface area contributed by atoms with Crippen LogP contribution in [0.1, 0.15) is 21.2 Å². The minimum absolute atomic E-state index is 0.231. The second kappa shape index (κ2) is 5.23. The van der Waals surface area contributed by atoms with Crippen LogP contribution < -0.4 is 15.2 Å². The second-order valence-corrected chi connectivity index (χ2v) is 5.96. The highest BCUT2D eigenvalue weighted by molar-refractivity contribution is 7.12. The van der Waals surface area contributed by atoms with Crippen LogP contribution in [0.2, 0.25) is 0 Å². The van der Waals surface area contributed by atoms with Crippen LogP contribution in [0, 0.1) is 6.92 Å². The third-order valence-corrected chi connectivity index (χ3v) is 4.42.